The fourth-order valence-electron chi connectivity index (χ4n) is 4.23. The van der Waals surface area contributed by atoms with Crippen molar-refractivity contribution >= 4 is 28.7 Å². The maximum atomic E-state index is 12.9. The summed E-state index contributed by atoms with van der Waals surface area (Å²) < 4.78 is 40.9. The van der Waals surface area contributed by atoms with Crippen molar-refractivity contribution in [3.63, 3.8) is 0 Å². The van der Waals surface area contributed by atoms with Crippen molar-refractivity contribution in [1.29, 1.82) is 0 Å². The van der Waals surface area contributed by atoms with Gasteiger partial charge in [0.1, 0.15) is 5.52 Å². The normalized spacial score (nSPS) is 19.6. The van der Waals surface area contributed by atoms with E-state index in [1.165, 1.54) is 12.1 Å². The Labute approximate surface area is 191 Å². The highest BCUT2D eigenvalue weighted by atomic mass is 19.4. The first kappa shape index (κ1) is 23.3. The number of nitrogens with two attached hydrogens (primary N) is 1. The Morgan fingerprint density at radius 2 is 1.70 bits per heavy atom. The molecule has 0 atom stereocenters. The van der Waals surface area contributed by atoms with Crippen LogP contribution in [0.4, 0.5) is 30.8 Å². The van der Waals surface area contributed by atoms with Crippen LogP contribution in [0.25, 0.3) is 11.2 Å². The van der Waals surface area contributed by atoms with E-state index in [1.807, 2.05) is 20.8 Å². The van der Waals surface area contributed by atoms with Gasteiger partial charge in [0.25, 0.3) is 0 Å². The lowest BCUT2D eigenvalue weighted by Gasteiger charge is -2.30. The van der Waals surface area contributed by atoms with E-state index in [0.29, 0.717) is 41.2 Å². The standard InChI is InChI=1S/C23H30F3N7/c1-22(2,3)32-20-28-13-18-19(31-20)33(17-10-4-14(12-27)5-11-17)21(30-18)29-16-8-6-15(7-9-16)23(24,25)26/h6-9,13-14,17H,4-5,10-12,27H2,1-3H3,(H,29,30)(H,28,31,32)/t14-,17-. The number of benzene rings is 1. The van der Waals surface area contributed by atoms with Crippen molar-refractivity contribution < 1.29 is 13.2 Å². The first-order valence-corrected chi connectivity index (χ1v) is 11.2. The second kappa shape index (κ2) is 8.81. The Bertz CT molecular complexity index is 1090. The third-order valence-electron chi connectivity index (χ3n) is 5.90. The fraction of sp³-hybridized carbons (Fsp3) is 0.522. The molecule has 1 aliphatic carbocycles. The summed E-state index contributed by atoms with van der Waals surface area (Å²) in [6.07, 6.45) is 1.19. The largest absolute Gasteiger partial charge is 0.416 e. The molecule has 10 heteroatoms. The van der Waals surface area contributed by atoms with E-state index >= 15 is 0 Å². The summed E-state index contributed by atoms with van der Waals surface area (Å²) in [4.78, 5) is 13.8. The lowest BCUT2D eigenvalue weighted by atomic mass is 9.86. The lowest BCUT2D eigenvalue weighted by molar-refractivity contribution is -0.137. The molecule has 3 aromatic rings. The number of hydrogen-bond acceptors (Lipinski definition) is 6. The molecule has 33 heavy (non-hydrogen) atoms. The molecule has 4 N–H and O–H groups in total. The summed E-state index contributed by atoms with van der Waals surface area (Å²) in [5.41, 5.74) is 6.82. The molecule has 1 fully saturated rings. The number of nitrogens with zero attached hydrogens (tertiary/aromatic N) is 4. The highest BCUT2D eigenvalue weighted by Crippen LogP contribution is 2.37. The minimum Gasteiger partial charge on any atom is -0.350 e. The summed E-state index contributed by atoms with van der Waals surface area (Å²) in [6, 6.07) is 5.11. The zero-order chi connectivity index (χ0) is 23.8. The molecule has 0 amide bonds. The zero-order valence-electron chi connectivity index (χ0n) is 19.1. The van der Waals surface area contributed by atoms with Crippen molar-refractivity contribution in [3.05, 3.63) is 36.0 Å². The molecule has 0 aliphatic heterocycles. The SMILES string of the molecule is CC(C)(C)Nc1ncc2nc(Nc3ccc(C(F)(F)F)cc3)n([C@H]3CC[C@H](CN)CC3)c2n1. The molecular formula is C23H30F3N7. The Kier molecular flexibility index (Phi) is 6.22. The van der Waals surface area contributed by atoms with E-state index in [0.717, 1.165) is 37.8 Å². The number of nitrogens with one attached hydrogen (secondary N) is 2. The van der Waals surface area contributed by atoms with Gasteiger partial charge in [0.2, 0.25) is 11.9 Å². The van der Waals surface area contributed by atoms with Crippen LogP contribution >= 0.6 is 0 Å². The van der Waals surface area contributed by atoms with E-state index < -0.39 is 11.7 Å². The number of aromatic nitrogens is 4. The monoisotopic (exact) mass is 461 g/mol. The molecule has 0 radical (unpaired) electrons. The summed E-state index contributed by atoms with van der Waals surface area (Å²) in [5.74, 6) is 1.56. The highest BCUT2D eigenvalue weighted by Gasteiger charge is 2.30. The van der Waals surface area contributed by atoms with Gasteiger partial charge in [-0.15, -0.1) is 0 Å². The van der Waals surface area contributed by atoms with E-state index in [1.54, 1.807) is 6.20 Å². The van der Waals surface area contributed by atoms with Crippen LogP contribution in [0.3, 0.4) is 0 Å². The maximum Gasteiger partial charge on any atom is 0.416 e. The minimum absolute atomic E-state index is 0.159. The molecule has 0 unspecified atom stereocenters. The van der Waals surface area contributed by atoms with Crippen LogP contribution in [-0.4, -0.2) is 31.6 Å². The van der Waals surface area contributed by atoms with E-state index in [4.69, 9.17) is 10.7 Å². The van der Waals surface area contributed by atoms with Gasteiger partial charge < -0.3 is 16.4 Å². The van der Waals surface area contributed by atoms with Gasteiger partial charge in [0, 0.05) is 17.3 Å². The first-order valence-electron chi connectivity index (χ1n) is 11.2. The summed E-state index contributed by atoms with van der Waals surface area (Å²) in [5, 5.41) is 6.49. The second-order valence-electron chi connectivity index (χ2n) is 9.69. The third kappa shape index (κ3) is 5.38. The van der Waals surface area contributed by atoms with Gasteiger partial charge in [-0.3, -0.25) is 4.57 Å². The minimum atomic E-state index is -4.38. The van der Waals surface area contributed by atoms with Crippen LogP contribution in [-0.2, 0) is 6.18 Å². The Hall–Kier alpha value is -2.88. The fourth-order valence-corrected chi connectivity index (χ4v) is 4.23. The number of rotatable bonds is 5. The topological polar surface area (TPSA) is 93.7 Å². The molecule has 0 saturated heterocycles. The molecule has 178 valence electrons. The van der Waals surface area contributed by atoms with Crippen LogP contribution in [0.5, 0.6) is 0 Å². The molecule has 0 spiro atoms. The Balaban J connectivity index is 1.71. The van der Waals surface area contributed by atoms with Gasteiger partial charge in [-0.05, 0) is 83.2 Å². The van der Waals surface area contributed by atoms with Crippen molar-refractivity contribution in [1.82, 2.24) is 19.5 Å². The molecule has 4 rings (SSSR count). The number of imidazole rings is 1. The van der Waals surface area contributed by atoms with E-state index in [2.05, 4.69) is 25.2 Å². The van der Waals surface area contributed by atoms with Gasteiger partial charge in [0.15, 0.2) is 5.65 Å². The van der Waals surface area contributed by atoms with Crippen molar-refractivity contribution in [3.8, 4) is 0 Å². The molecule has 1 aliphatic rings. The first-order chi connectivity index (χ1) is 15.5. The van der Waals surface area contributed by atoms with Gasteiger partial charge in [0.05, 0.1) is 11.8 Å². The lowest BCUT2D eigenvalue weighted by Crippen LogP contribution is -2.27. The molecule has 2 aromatic heterocycles. The zero-order valence-corrected chi connectivity index (χ0v) is 19.1. The number of halogens is 3. The Morgan fingerprint density at radius 3 is 2.27 bits per heavy atom. The molecule has 1 aromatic carbocycles. The number of alkyl halides is 3. The molecule has 2 heterocycles. The molecule has 0 bridgehead atoms. The number of anilines is 3. The summed E-state index contributed by atoms with van der Waals surface area (Å²) >= 11 is 0. The van der Waals surface area contributed by atoms with Crippen LogP contribution in [0, 0.1) is 5.92 Å². The molecule has 7 nitrogen and oxygen atoms in total. The van der Waals surface area contributed by atoms with Crippen LogP contribution < -0.4 is 16.4 Å². The molecule has 1 saturated carbocycles. The van der Waals surface area contributed by atoms with Crippen LogP contribution in [0.1, 0.15) is 58.1 Å². The number of fused-ring (bicyclic) bond motifs is 1. The van der Waals surface area contributed by atoms with E-state index in [9.17, 15) is 13.2 Å². The highest BCUT2D eigenvalue weighted by molar-refractivity contribution is 5.76. The van der Waals surface area contributed by atoms with Gasteiger partial charge in [-0.1, -0.05) is 0 Å². The smallest absolute Gasteiger partial charge is 0.350 e. The van der Waals surface area contributed by atoms with Crippen LogP contribution in [0.15, 0.2) is 30.5 Å². The van der Waals surface area contributed by atoms with Crippen LogP contribution in [0.2, 0.25) is 0 Å². The van der Waals surface area contributed by atoms with Crippen molar-refractivity contribution in [2.45, 2.75) is 64.2 Å². The molecular weight excluding hydrogens is 431 g/mol. The average molecular weight is 462 g/mol. The van der Waals surface area contributed by atoms with Gasteiger partial charge in [-0.25, -0.2) is 9.97 Å². The third-order valence-corrected chi connectivity index (χ3v) is 5.90. The predicted octanol–water partition coefficient (Wildman–Crippen LogP) is 5.49. The Morgan fingerprint density at radius 1 is 1.03 bits per heavy atom. The van der Waals surface area contributed by atoms with Gasteiger partial charge >= 0.3 is 6.18 Å². The summed E-state index contributed by atoms with van der Waals surface area (Å²) in [6.45, 7) is 6.77. The van der Waals surface area contributed by atoms with Crippen molar-refractivity contribution in [2.24, 2.45) is 11.7 Å². The number of hydrogen-bond donors (Lipinski definition) is 3. The quantitative estimate of drug-likeness (QED) is 0.465. The maximum absolute atomic E-state index is 12.9. The average Bonchev–Trinajstić information content (AvgIpc) is 3.09. The second-order valence-corrected chi connectivity index (χ2v) is 9.69. The van der Waals surface area contributed by atoms with Crippen molar-refractivity contribution in [2.75, 3.05) is 17.2 Å². The summed E-state index contributed by atoms with van der Waals surface area (Å²) in [7, 11) is 0. The van der Waals surface area contributed by atoms with Gasteiger partial charge in [-0.2, -0.15) is 18.2 Å². The van der Waals surface area contributed by atoms with E-state index in [-0.39, 0.29) is 11.6 Å². The predicted molar refractivity (Wildman–Crippen MR) is 123 cm³/mol.